The van der Waals surface area contributed by atoms with Crippen LogP contribution in [0, 0.1) is 11.7 Å². The summed E-state index contributed by atoms with van der Waals surface area (Å²) < 4.78 is 39.3. The maximum absolute atomic E-state index is 13.0. The van der Waals surface area contributed by atoms with E-state index in [9.17, 15) is 12.8 Å². The third-order valence-corrected chi connectivity index (χ3v) is 4.20. The van der Waals surface area contributed by atoms with E-state index in [1.165, 1.54) is 18.2 Å². The van der Waals surface area contributed by atoms with Crippen molar-refractivity contribution >= 4 is 21.6 Å². The number of sulfonamides is 1. The van der Waals surface area contributed by atoms with Gasteiger partial charge in [-0.1, -0.05) is 19.9 Å². The van der Waals surface area contributed by atoms with Gasteiger partial charge in [0.05, 0.1) is 4.90 Å². The van der Waals surface area contributed by atoms with Crippen LogP contribution in [0.4, 0.5) is 4.39 Å². The Morgan fingerprint density at radius 1 is 1.41 bits per heavy atom. The molecule has 0 spiro atoms. The van der Waals surface area contributed by atoms with Crippen LogP contribution in [0.25, 0.3) is 0 Å². The van der Waals surface area contributed by atoms with Gasteiger partial charge in [0.1, 0.15) is 5.82 Å². The van der Waals surface area contributed by atoms with E-state index in [0.29, 0.717) is 0 Å². The fourth-order valence-corrected chi connectivity index (χ4v) is 3.19. The zero-order valence-corrected chi connectivity index (χ0v) is 11.2. The van der Waals surface area contributed by atoms with Crippen LogP contribution in [-0.4, -0.2) is 20.3 Å². The van der Waals surface area contributed by atoms with E-state index in [1.807, 2.05) is 13.8 Å². The molecule has 1 unspecified atom stereocenters. The van der Waals surface area contributed by atoms with Crippen LogP contribution in [0.2, 0.25) is 0 Å². The van der Waals surface area contributed by atoms with Crippen molar-refractivity contribution in [2.24, 2.45) is 5.92 Å². The molecule has 1 rings (SSSR count). The molecule has 0 aromatic heterocycles. The zero-order chi connectivity index (χ0) is 13.1. The Bertz CT molecular complexity index is 476. The second-order valence-electron chi connectivity index (χ2n) is 4.08. The summed E-state index contributed by atoms with van der Waals surface area (Å²) in [6, 6.07) is 4.51. The number of hydrogen-bond acceptors (Lipinski definition) is 2. The first-order valence-electron chi connectivity index (χ1n) is 5.20. The molecule has 0 saturated carbocycles. The number of rotatable bonds is 5. The molecule has 1 aromatic rings. The third kappa shape index (κ3) is 3.94. The summed E-state index contributed by atoms with van der Waals surface area (Å²) in [5.74, 6) is -0.345. The summed E-state index contributed by atoms with van der Waals surface area (Å²) in [7, 11) is -3.71. The predicted octanol–water partition coefficient (Wildman–Crippen LogP) is 2.37. The van der Waals surface area contributed by atoms with Gasteiger partial charge in [-0.15, -0.1) is 11.6 Å². The Labute approximate surface area is 106 Å². The van der Waals surface area contributed by atoms with Crippen LogP contribution >= 0.6 is 11.6 Å². The Balaban J connectivity index is 2.96. The normalized spacial score (nSPS) is 13.9. The molecular formula is C11H15ClFNO2S. The highest BCUT2D eigenvalue weighted by atomic mass is 35.5. The Morgan fingerprint density at radius 3 is 2.53 bits per heavy atom. The van der Waals surface area contributed by atoms with Crippen molar-refractivity contribution in [1.82, 2.24) is 4.72 Å². The van der Waals surface area contributed by atoms with Gasteiger partial charge in [-0.25, -0.2) is 17.5 Å². The van der Waals surface area contributed by atoms with E-state index in [2.05, 4.69) is 4.72 Å². The number of nitrogens with one attached hydrogen (secondary N) is 1. The quantitative estimate of drug-likeness (QED) is 0.841. The highest BCUT2D eigenvalue weighted by Crippen LogP contribution is 2.13. The van der Waals surface area contributed by atoms with Crippen molar-refractivity contribution in [3.8, 4) is 0 Å². The molecule has 0 aliphatic carbocycles. The predicted molar refractivity (Wildman–Crippen MR) is 66.1 cm³/mol. The first-order valence-corrected chi connectivity index (χ1v) is 7.22. The lowest BCUT2D eigenvalue weighted by molar-refractivity contribution is 0.480. The lowest BCUT2D eigenvalue weighted by Gasteiger charge is -2.19. The molecule has 3 nitrogen and oxygen atoms in total. The van der Waals surface area contributed by atoms with Crippen molar-refractivity contribution in [1.29, 1.82) is 0 Å². The molecule has 0 aliphatic heterocycles. The summed E-state index contributed by atoms with van der Waals surface area (Å²) in [5, 5.41) is 0. The van der Waals surface area contributed by atoms with Crippen molar-refractivity contribution in [3.05, 3.63) is 30.1 Å². The lowest BCUT2D eigenvalue weighted by Crippen LogP contribution is -2.39. The topological polar surface area (TPSA) is 46.2 Å². The first kappa shape index (κ1) is 14.4. The average molecular weight is 280 g/mol. The minimum absolute atomic E-state index is 0.0656. The van der Waals surface area contributed by atoms with Gasteiger partial charge >= 0.3 is 0 Å². The van der Waals surface area contributed by atoms with Gasteiger partial charge in [0.25, 0.3) is 0 Å². The molecule has 0 saturated heterocycles. The molecule has 1 N–H and O–H groups in total. The van der Waals surface area contributed by atoms with E-state index in [4.69, 9.17) is 11.6 Å². The molecule has 96 valence electrons. The summed E-state index contributed by atoms with van der Waals surface area (Å²) in [4.78, 5) is -0.0896. The van der Waals surface area contributed by atoms with E-state index in [-0.39, 0.29) is 22.7 Å². The van der Waals surface area contributed by atoms with Crippen molar-refractivity contribution in [2.75, 3.05) is 5.88 Å². The van der Waals surface area contributed by atoms with Crippen molar-refractivity contribution in [3.63, 3.8) is 0 Å². The highest BCUT2D eigenvalue weighted by molar-refractivity contribution is 7.89. The van der Waals surface area contributed by atoms with Gasteiger partial charge in [-0.3, -0.25) is 0 Å². The fourth-order valence-electron chi connectivity index (χ4n) is 1.25. The number of benzene rings is 1. The molecule has 0 amide bonds. The molecule has 0 radical (unpaired) electrons. The van der Waals surface area contributed by atoms with Gasteiger partial charge in [-0.05, 0) is 24.1 Å². The first-order chi connectivity index (χ1) is 7.86. The van der Waals surface area contributed by atoms with Crippen LogP contribution < -0.4 is 4.72 Å². The molecule has 17 heavy (non-hydrogen) atoms. The maximum Gasteiger partial charge on any atom is 0.240 e. The lowest BCUT2D eigenvalue weighted by atomic mass is 10.1. The van der Waals surface area contributed by atoms with E-state index < -0.39 is 15.8 Å². The Kier molecular flexibility index (Phi) is 4.91. The highest BCUT2D eigenvalue weighted by Gasteiger charge is 2.21. The van der Waals surface area contributed by atoms with Crippen LogP contribution in [0.15, 0.2) is 29.2 Å². The van der Waals surface area contributed by atoms with Crippen LogP contribution in [0.5, 0.6) is 0 Å². The van der Waals surface area contributed by atoms with Crippen molar-refractivity contribution in [2.45, 2.75) is 24.8 Å². The van der Waals surface area contributed by atoms with Gasteiger partial charge in [0.15, 0.2) is 0 Å². The second kappa shape index (κ2) is 5.80. The fraction of sp³-hybridized carbons (Fsp3) is 0.455. The minimum atomic E-state index is -3.71. The second-order valence-corrected chi connectivity index (χ2v) is 6.11. The SMILES string of the molecule is CC(C)C(CCl)NS(=O)(=O)c1cccc(F)c1. The van der Waals surface area contributed by atoms with Crippen LogP contribution in [0.1, 0.15) is 13.8 Å². The van der Waals surface area contributed by atoms with Crippen LogP contribution in [-0.2, 0) is 10.0 Å². The summed E-state index contributed by atoms with van der Waals surface area (Å²) in [6.45, 7) is 3.72. The number of alkyl halides is 1. The molecule has 0 fully saturated rings. The smallest absolute Gasteiger partial charge is 0.207 e. The van der Waals surface area contributed by atoms with Crippen molar-refractivity contribution < 1.29 is 12.8 Å². The molecule has 6 heteroatoms. The van der Waals surface area contributed by atoms with Crippen LogP contribution in [0.3, 0.4) is 0 Å². The van der Waals surface area contributed by atoms with Gasteiger partial charge < -0.3 is 0 Å². The minimum Gasteiger partial charge on any atom is -0.207 e. The zero-order valence-electron chi connectivity index (χ0n) is 9.65. The summed E-state index contributed by atoms with van der Waals surface area (Å²) in [5.41, 5.74) is 0. The number of hydrogen-bond donors (Lipinski definition) is 1. The Morgan fingerprint density at radius 2 is 2.06 bits per heavy atom. The molecule has 0 heterocycles. The summed E-state index contributed by atoms with van der Waals surface area (Å²) in [6.07, 6.45) is 0. The monoisotopic (exact) mass is 279 g/mol. The molecule has 0 bridgehead atoms. The van der Waals surface area contributed by atoms with E-state index in [1.54, 1.807) is 0 Å². The average Bonchev–Trinajstić information content (AvgIpc) is 2.25. The number of halogens is 2. The molecular weight excluding hydrogens is 265 g/mol. The van der Waals surface area contributed by atoms with Gasteiger partial charge in [0, 0.05) is 11.9 Å². The van der Waals surface area contributed by atoms with Gasteiger partial charge in [0.2, 0.25) is 10.0 Å². The molecule has 1 aromatic carbocycles. The van der Waals surface area contributed by atoms with E-state index >= 15 is 0 Å². The third-order valence-electron chi connectivity index (χ3n) is 2.38. The molecule has 0 aliphatic rings. The molecule has 1 atom stereocenters. The largest absolute Gasteiger partial charge is 0.240 e. The maximum atomic E-state index is 13.0. The standard InChI is InChI=1S/C11H15ClFNO2S/c1-8(2)11(7-12)14-17(15,16)10-5-3-4-9(13)6-10/h3-6,8,11,14H,7H2,1-2H3. The van der Waals surface area contributed by atoms with E-state index in [0.717, 1.165) is 6.07 Å². The van der Waals surface area contributed by atoms with Gasteiger partial charge in [-0.2, -0.15) is 0 Å². The Hall–Kier alpha value is -0.650. The summed E-state index contributed by atoms with van der Waals surface area (Å²) >= 11 is 5.69.